The second-order valence-corrected chi connectivity index (χ2v) is 9.22. The van der Waals surface area contributed by atoms with Crippen molar-refractivity contribution in [3.8, 4) is 0 Å². The Kier molecular flexibility index (Phi) is 7.85. The van der Waals surface area contributed by atoms with Gasteiger partial charge in [-0.2, -0.15) is 0 Å². The Labute approximate surface area is 188 Å². The lowest BCUT2D eigenvalue weighted by molar-refractivity contribution is -0.147. The molecule has 1 fully saturated rings. The van der Waals surface area contributed by atoms with Crippen LogP contribution in [0.4, 0.5) is 0 Å². The topological polar surface area (TPSA) is 78.5 Å². The molecule has 1 aromatic heterocycles. The summed E-state index contributed by atoms with van der Waals surface area (Å²) in [5, 5.41) is 7.82. The van der Waals surface area contributed by atoms with Gasteiger partial charge in [0, 0.05) is 16.5 Å². The third kappa shape index (κ3) is 5.73. The number of rotatable bonds is 9. The predicted molar refractivity (Wildman–Crippen MR) is 123 cm³/mol. The van der Waals surface area contributed by atoms with Gasteiger partial charge in [-0.3, -0.25) is 14.4 Å². The van der Waals surface area contributed by atoms with Crippen LogP contribution in [0.3, 0.4) is 0 Å². The molecular formula is C24H31N3O3S. The molecule has 3 rings (SSSR count). The number of thiophene rings is 1. The first-order chi connectivity index (χ1) is 14.9. The van der Waals surface area contributed by atoms with Gasteiger partial charge in [0.1, 0.15) is 5.54 Å². The van der Waals surface area contributed by atoms with Crippen LogP contribution in [0.2, 0.25) is 0 Å². The first-order valence-corrected chi connectivity index (χ1v) is 11.8. The van der Waals surface area contributed by atoms with Gasteiger partial charge in [-0.15, -0.1) is 11.3 Å². The number of carbonyl (C=O) groups excluding carboxylic acids is 3. The first-order valence-electron chi connectivity index (χ1n) is 10.9. The van der Waals surface area contributed by atoms with Crippen molar-refractivity contribution in [3.63, 3.8) is 0 Å². The van der Waals surface area contributed by atoms with Crippen LogP contribution < -0.4 is 10.6 Å². The molecule has 0 spiro atoms. The van der Waals surface area contributed by atoms with Crippen LogP contribution >= 0.6 is 11.3 Å². The molecule has 6 nitrogen and oxygen atoms in total. The van der Waals surface area contributed by atoms with Crippen molar-refractivity contribution in [1.29, 1.82) is 0 Å². The van der Waals surface area contributed by atoms with Crippen molar-refractivity contribution in [2.45, 2.75) is 64.1 Å². The molecule has 166 valence electrons. The summed E-state index contributed by atoms with van der Waals surface area (Å²) in [6.45, 7) is 3.92. The summed E-state index contributed by atoms with van der Waals surface area (Å²) in [6.07, 6.45) is 4.69. The van der Waals surface area contributed by atoms with Crippen molar-refractivity contribution in [1.82, 2.24) is 15.5 Å². The van der Waals surface area contributed by atoms with Crippen LogP contribution in [0.5, 0.6) is 0 Å². The Hall–Kier alpha value is -2.67. The molecule has 0 saturated heterocycles. The lowest BCUT2D eigenvalue weighted by Gasteiger charge is -2.40. The second kappa shape index (κ2) is 10.6. The van der Waals surface area contributed by atoms with Gasteiger partial charge in [0.25, 0.3) is 5.91 Å². The lowest BCUT2D eigenvalue weighted by atomic mass is 9.93. The number of hydrogen-bond donors (Lipinski definition) is 2. The van der Waals surface area contributed by atoms with E-state index in [4.69, 9.17) is 0 Å². The normalized spacial score (nSPS) is 15.8. The summed E-state index contributed by atoms with van der Waals surface area (Å²) >= 11 is 1.55. The van der Waals surface area contributed by atoms with Gasteiger partial charge in [-0.05, 0) is 49.8 Å². The molecule has 1 aliphatic rings. The van der Waals surface area contributed by atoms with Crippen LogP contribution in [0.25, 0.3) is 0 Å². The lowest BCUT2D eigenvalue weighted by Crippen LogP contribution is -2.60. The van der Waals surface area contributed by atoms with Crippen LogP contribution in [0.15, 0.2) is 47.8 Å². The quantitative estimate of drug-likeness (QED) is 0.622. The summed E-state index contributed by atoms with van der Waals surface area (Å²) in [7, 11) is 0. The molecule has 0 bridgehead atoms. The Morgan fingerprint density at radius 2 is 1.81 bits per heavy atom. The molecule has 1 aliphatic carbocycles. The zero-order chi connectivity index (χ0) is 22.3. The molecule has 2 N–H and O–H groups in total. The smallest absolute Gasteiger partial charge is 0.251 e. The Balaban J connectivity index is 1.75. The summed E-state index contributed by atoms with van der Waals surface area (Å²) in [6, 6.07) is 12.9. The highest BCUT2D eigenvalue weighted by molar-refractivity contribution is 7.09. The molecular weight excluding hydrogens is 410 g/mol. The molecule has 1 heterocycles. The Morgan fingerprint density at radius 1 is 1.10 bits per heavy atom. The highest BCUT2D eigenvalue weighted by Crippen LogP contribution is 2.26. The van der Waals surface area contributed by atoms with Crippen molar-refractivity contribution < 1.29 is 14.4 Å². The standard InChI is InChI=1S/C24H31N3O3S/c1-3-24(2,23(30)26-19-12-7-8-13-19)27(17-20-14-9-15-31-20)21(28)16-25-22(29)18-10-5-4-6-11-18/h4-6,9-11,14-15,19H,3,7-8,12-13,16-17H2,1-2H3,(H,25,29)(H,26,30). The Bertz CT molecular complexity index is 879. The van der Waals surface area contributed by atoms with Crippen LogP contribution in [0.1, 0.15) is 61.2 Å². The van der Waals surface area contributed by atoms with E-state index in [1.165, 1.54) is 0 Å². The average Bonchev–Trinajstić information content (AvgIpc) is 3.50. The molecule has 31 heavy (non-hydrogen) atoms. The minimum Gasteiger partial charge on any atom is -0.351 e. The molecule has 1 atom stereocenters. The predicted octanol–water partition coefficient (Wildman–Crippen LogP) is 3.73. The van der Waals surface area contributed by atoms with Crippen molar-refractivity contribution in [3.05, 3.63) is 58.3 Å². The van der Waals surface area contributed by atoms with Crippen LogP contribution in [-0.2, 0) is 16.1 Å². The zero-order valence-electron chi connectivity index (χ0n) is 18.2. The van der Waals surface area contributed by atoms with Gasteiger partial charge in [0.2, 0.25) is 11.8 Å². The van der Waals surface area contributed by atoms with Gasteiger partial charge in [-0.1, -0.05) is 44.0 Å². The maximum Gasteiger partial charge on any atom is 0.251 e. The summed E-state index contributed by atoms with van der Waals surface area (Å²) in [4.78, 5) is 41.6. The maximum absolute atomic E-state index is 13.3. The number of benzene rings is 1. The van der Waals surface area contributed by atoms with Gasteiger partial charge in [0.15, 0.2) is 0 Å². The van der Waals surface area contributed by atoms with E-state index >= 15 is 0 Å². The van der Waals surface area contributed by atoms with Gasteiger partial charge in [-0.25, -0.2) is 0 Å². The minimum absolute atomic E-state index is 0.124. The van der Waals surface area contributed by atoms with Crippen LogP contribution in [0, 0.1) is 0 Å². The van der Waals surface area contributed by atoms with Crippen molar-refractivity contribution in [2.24, 2.45) is 0 Å². The molecule has 7 heteroatoms. The number of nitrogens with zero attached hydrogens (tertiary/aromatic N) is 1. The van der Waals surface area contributed by atoms with E-state index in [9.17, 15) is 14.4 Å². The third-order valence-corrected chi connectivity index (χ3v) is 6.96. The Morgan fingerprint density at radius 3 is 2.42 bits per heavy atom. The van der Waals surface area contributed by atoms with Gasteiger partial charge < -0.3 is 15.5 Å². The van der Waals surface area contributed by atoms with Crippen molar-refractivity contribution in [2.75, 3.05) is 6.54 Å². The van der Waals surface area contributed by atoms with E-state index < -0.39 is 5.54 Å². The van der Waals surface area contributed by atoms with E-state index in [0.717, 1.165) is 30.6 Å². The fourth-order valence-corrected chi connectivity index (χ4v) is 4.62. The highest BCUT2D eigenvalue weighted by Gasteiger charge is 2.41. The molecule has 2 aromatic rings. The fraction of sp³-hybridized carbons (Fsp3) is 0.458. The fourth-order valence-electron chi connectivity index (χ4n) is 3.92. The van der Waals surface area contributed by atoms with E-state index in [1.807, 2.05) is 37.4 Å². The molecule has 0 aliphatic heterocycles. The number of carbonyl (C=O) groups is 3. The molecule has 0 radical (unpaired) electrons. The zero-order valence-corrected chi connectivity index (χ0v) is 19.0. The van der Waals surface area contributed by atoms with Gasteiger partial charge in [0.05, 0.1) is 13.1 Å². The summed E-state index contributed by atoms with van der Waals surface area (Å²) < 4.78 is 0. The number of nitrogens with one attached hydrogen (secondary N) is 2. The molecule has 1 unspecified atom stereocenters. The van der Waals surface area contributed by atoms with E-state index in [-0.39, 0.29) is 30.3 Å². The first kappa shape index (κ1) is 23.0. The SMILES string of the molecule is CCC(C)(C(=O)NC1CCCC1)N(Cc1cccs1)C(=O)CNC(=O)c1ccccc1. The minimum atomic E-state index is -0.999. The second-order valence-electron chi connectivity index (χ2n) is 8.19. The van der Waals surface area contributed by atoms with E-state index in [0.29, 0.717) is 18.5 Å². The molecule has 1 saturated carbocycles. The van der Waals surface area contributed by atoms with Crippen LogP contribution in [-0.4, -0.2) is 40.7 Å². The molecule has 1 aromatic carbocycles. The summed E-state index contributed by atoms with van der Waals surface area (Å²) in [5.41, 5.74) is -0.501. The average molecular weight is 442 g/mol. The maximum atomic E-state index is 13.3. The molecule has 3 amide bonds. The van der Waals surface area contributed by atoms with E-state index in [2.05, 4.69) is 10.6 Å². The third-order valence-electron chi connectivity index (χ3n) is 6.09. The number of hydrogen-bond acceptors (Lipinski definition) is 4. The van der Waals surface area contributed by atoms with Crippen molar-refractivity contribution >= 4 is 29.1 Å². The largest absolute Gasteiger partial charge is 0.351 e. The highest BCUT2D eigenvalue weighted by atomic mass is 32.1. The van der Waals surface area contributed by atoms with Gasteiger partial charge >= 0.3 is 0 Å². The van der Waals surface area contributed by atoms with E-state index in [1.54, 1.807) is 40.5 Å². The monoisotopic (exact) mass is 441 g/mol. The number of amides is 3. The summed E-state index contributed by atoms with van der Waals surface area (Å²) in [5.74, 6) is -0.705.